The molecule has 2 saturated carbocycles. The van der Waals surface area contributed by atoms with Crippen LogP contribution in [-0.2, 0) is 0 Å². The first-order valence-electron chi connectivity index (χ1n) is 11.1. The van der Waals surface area contributed by atoms with Gasteiger partial charge in [0, 0.05) is 23.5 Å². The summed E-state index contributed by atoms with van der Waals surface area (Å²) in [6.07, 6.45) is 8.37. The van der Waals surface area contributed by atoms with E-state index in [0.29, 0.717) is 17.4 Å². The van der Waals surface area contributed by atoms with E-state index in [4.69, 9.17) is 0 Å². The number of anilines is 1. The van der Waals surface area contributed by atoms with Crippen LogP contribution < -0.4 is 5.32 Å². The molecule has 2 aliphatic rings. The number of nitrogens with zero attached hydrogens (tertiary/aromatic N) is 4. The van der Waals surface area contributed by atoms with Gasteiger partial charge >= 0.3 is 0 Å². The highest BCUT2D eigenvalue weighted by atomic mass is 16.1. The maximum atomic E-state index is 12.9. The van der Waals surface area contributed by atoms with Crippen molar-refractivity contribution in [3.05, 3.63) is 84.4 Å². The maximum absolute atomic E-state index is 12.9. The molecule has 0 bridgehead atoms. The van der Waals surface area contributed by atoms with Crippen LogP contribution in [0, 0.1) is 0 Å². The van der Waals surface area contributed by atoms with E-state index in [-0.39, 0.29) is 5.91 Å². The van der Waals surface area contributed by atoms with E-state index < -0.39 is 0 Å². The predicted molar refractivity (Wildman–Crippen MR) is 123 cm³/mol. The molecule has 32 heavy (non-hydrogen) atoms. The van der Waals surface area contributed by atoms with E-state index in [1.165, 1.54) is 18.4 Å². The molecule has 0 saturated heterocycles. The summed E-state index contributed by atoms with van der Waals surface area (Å²) >= 11 is 0. The lowest BCUT2D eigenvalue weighted by Crippen LogP contribution is -2.13. The van der Waals surface area contributed by atoms with Crippen LogP contribution in [0.25, 0.3) is 22.5 Å². The van der Waals surface area contributed by atoms with Gasteiger partial charge in [0.15, 0.2) is 5.82 Å². The molecule has 6 rings (SSSR count). The molecule has 0 spiro atoms. The van der Waals surface area contributed by atoms with Crippen molar-refractivity contribution in [1.29, 1.82) is 0 Å². The Hall–Kier alpha value is -3.80. The summed E-state index contributed by atoms with van der Waals surface area (Å²) in [7, 11) is 0. The molecule has 4 aromatic rings. The molecule has 0 atom stereocenters. The van der Waals surface area contributed by atoms with Crippen LogP contribution in [0.1, 0.15) is 53.7 Å². The molecule has 2 fully saturated rings. The van der Waals surface area contributed by atoms with Gasteiger partial charge < -0.3 is 9.88 Å². The Bertz CT molecular complexity index is 1290. The minimum Gasteiger partial charge on any atom is -0.321 e. The third-order valence-electron chi connectivity index (χ3n) is 6.18. The molecule has 6 heteroatoms. The topological polar surface area (TPSA) is 72.7 Å². The number of carbonyl (C=O) groups excluding carboxylic acids is 1. The number of benzene rings is 2. The number of amides is 1. The van der Waals surface area contributed by atoms with Gasteiger partial charge in [0.1, 0.15) is 12.0 Å². The maximum Gasteiger partial charge on any atom is 0.274 e. The molecule has 1 amide bonds. The van der Waals surface area contributed by atoms with E-state index in [1.807, 2.05) is 36.4 Å². The number of hydrogen-bond donors (Lipinski definition) is 1. The van der Waals surface area contributed by atoms with Crippen molar-refractivity contribution in [2.45, 2.75) is 37.6 Å². The molecule has 0 radical (unpaired) electrons. The Kier molecular flexibility index (Phi) is 4.56. The van der Waals surface area contributed by atoms with E-state index >= 15 is 0 Å². The van der Waals surface area contributed by atoms with Gasteiger partial charge in [-0.3, -0.25) is 9.78 Å². The largest absolute Gasteiger partial charge is 0.321 e. The SMILES string of the molecule is O=C(Nc1cccc(-c2nncn2C2CC2)c1)c1cc(-c2ccc(C3CC3)cc2)ccn1. The molecule has 2 aromatic heterocycles. The third kappa shape index (κ3) is 3.80. The first kappa shape index (κ1) is 18.9. The van der Waals surface area contributed by atoms with E-state index in [2.05, 4.69) is 49.3 Å². The molecule has 6 nitrogen and oxygen atoms in total. The monoisotopic (exact) mass is 421 g/mol. The number of hydrogen-bond acceptors (Lipinski definition) is 4. The molecule has 0 aliphatic heterocycles. The van der Waals surface area contributed by atoms with Gasteiger partial charge in [-0.25, -0.2) is 0 Å². The number of rotatable bonds is 6. The molecular formula is C26H23N5O. The Balaban J connectivity index is 1.21. The molecule has 2 aliphatic carbocycles. The zero-order valence-corrected chi connectivity index (χ0v) is 17.6. The zero-order valence-electron chi connectivity index (χ0n) is 17.6. The van der Waals surface area contributed by atoms with Gasteiger partial charge in [-0.2, -0.15) is 0 Å². The van der Waals surface area contributed by atoms with Crippen LogP contribution in [0.4, 0.5) is 5.69 Å². The lowest BCUT2D eigenvalue weighted by Gasteiger charge is -2.09. The van der Waals surface area contributed by atoms with Gasteiger partial charge in [0.25, 0.3) is 5.91 Å². The number of pyridine rings is 1. The second-order valence-corrected chi connectivity index (χ2v) is 8.65. The second-order valence-electron chi connectivity index (χ2n) is 8.65. The number of carbonyl (C=O) groups is 1. The van der Waals surface area contributed by atoms with Crippen molar-refractivity contribution in [2.24, 2.45) is 0 Å². The zero-order chi connectivity index (χ0) is 21.5. The predicted octanol–water partition coefficient (Wildman–Crippen LogP) is 5.47. The molecule has 0 unspecified atom stereocenters. The third-order valence-corrected chi connectivity index (χ3v) is 6.18. The minimum atomic E-state index is -0.234. The first-order chi connectivity index (χ1) is 15.7. The van der Waals surface area contributed by atoms with Crippen molar-refractivity contribution < 1.29 is 4.79 Å². The van der Waals surface area contributed by atoms with Gasteiger partial charge in [0.2, 0.25) is 0 Å². The standard InChI is InChI=1S/C26H23N5O/c32-26(24-15-20(12-13-27-24)19-8-6-18(7-9-19)17-4-5-17)29-22-3-1-2-21(14-22)25-30-28-16-31(25)23-10-11-23/h1-3,6-9,12-17,23H,4-5,10-11H2,(H,29,32). The normalized spacial score (nSPS) is 15.5. The molecule has 2 heterocycles. The number of nitrogens with one attached hydrogen (secondary N) is 1. The second kappa shape index (κ2) is 7.71. The lowest BCUT2D eigenvalue weighted by atomic mass is 10.0. The summed E-state index contributed by atoms with van der Waals surface area (Å²) in [5, 5.41) is 11.3. The summed E-state index contributed by atoms with van der Waals surface area (Å²) in [6, 6.07) is 20.6. The Morgan fingerprint density at radius 3 is 2.53 bits per heavy atom. The Morgan fingerprint density at radius 2 is 1.75 bits per heavy atom. The highest BCUT2D eigenvalue weighted by Crippen LogP contribution is 2.40. The Morgan fingerprint density at radius 1 is 0.906 bits per heavy atom. The van der Waals surface area contributed by atoms with E-state index in [0.717, 1.165) is 41.3 Å². The highest BCUT2D eigenvalue weighted by molar-refractivity contribution is 6.03. The summed E-state index contributed by atoms with van der Waals surface area (Å²) in [5.74, 6) is 1.33. The van der Waals surface area contributed by atoms with E-state index in [9.17, 15) is 4.79 Å². The van der Waals surface area contributed by atoms with Gasteiger partial charge in [-0.1, -0.05) is 36.4 Å². The van der Waals surface area contributed by atoms with Gasteiger partial charge in [-0.15, -0.1) is 10.2 Å². The summed E-state index contributed by atoms with van der Waals surface area (Å²) in [6.45, 7) is 0. The van der Waals surface area contributed by atoms with Crippen molar-refractivity contribution in [3.63, 3.8) is 0 Å². The van der Waals surface area contributed by atoms with Crippen LogP contribution in [-0.4, -0.2) is 25.7 Å². The van der Waals surface area contributed by atoms with Gasteiger partial charge in [-0.05, 0) is 72.6 Å². The van der Waals surface area contributed by atoms with Crippen LogP contribution in [0.15, 0.2) is 73.2 Å². The van der Waals surface area contributed by atoms with Crippen LogP contribution in [0.2, 0.25) is 0 Å². The molecule has 2 aromatic carbocycles. The first-order valence-corrected chi connectivity index (χ1v) is 11.1. The van der Waals surface area contributed by atoms with E-state index in [1.54, 1.807) is 12.5 Å². The highest BCUT2D eigenvalue weighted by Gasteiger charge is 2.26. The lowest BCUT2D eigenvalue weighted by molar-refractivity contribution is 0.102. The van der Waals surface area contributed by atoms with Crippen molar-refractivity contribution >= 4 is 11.6 Å². The smallest absolute Gasteiger partial charge is 0.274 e. The average molecular weight is 422 g/mol. The summed E-state index contributed by atoms with van der Waals surface area (Å²) in [5.41, 5.74) is 5.51. The summed E-state index contributed by atoms with van der Waals surface area (Å²) < 4.78 is 2.11. The van der Waals surface area contributed by atoms with Crippen molar-refractivity contribution in [1.82, 2.24) is 19.7 Å². The number of aromatic nitrogens is 4. The molecular weight excluding hydrogens is 398 g/mol. The molecule has 158 valence electrons. The van der Waals surface area contributed by atoms with Crippen molar-refractivity contribution in [2.75, 3.05) is 5.32 Å². The minimum absolute atomic E-state index is 0.234. The van der Waals surface area contributed by atoms with Crippen molar-refractivity contribution in [3.8, 4) is 22.5 Å². The quantitative estimate of drug-likeness (QED) is 0.448. The molecule has 1 N–H and O–H groups in total. The fourth-order valence-corrected chi connectivity index (χ4v) is 4.10. The summed E-state index contributed by atoms with van der Waals surface area (Å²) in [4.78, 5) is 17.2. The van der Waals surface area contributed by atoms with Crippen LogP contribution >= 0.6 is 0 Å². The van der Waals surface area contributed by atoms with Crippen LogP contribution in [0.5, 0.6) is 0 Å². The van der Waals surface area contributed by atoms with Gasteiger partial charge in [0.05, 0.1) is 0 Å². The Labute approximate surface area is 186 Å². The fraction of sp³-hybridized carbons (Fsp3) is 0.231. The fourth-order valence-electron chi connectivity index (χ4n) is 4.10. The van der Waals surface area contributed by atoms with Crippen LogP contribution in [0.3, 0.4) is 0 Å². The average Bonchev–Trinajstić information content (AvgIpc) is 3.78.